The van der Waals surface area contributed by atoms with Crippen molar-refractivity contribution in [3.63, 3.8) is 0 Å². The molecule has 0 aliphatic rings. The zero-order valence-electron chi connectivity index (χ0n) is 17.2. The second-order valence-corrected chi connectivity index (χ2v) is 9.25. The number of aldehydes is 1. The number of nitrogens with one attached hydrogen (secondary N) is 1. The van der Waals surface area contributed by atoms with Crippen LogP contribution in [0.4, 0.5) is 14.6 Å². The summed E-state index contributed by atoms with van der Waals surface area (Å²) in [6, 6.07) is 4.99. The standard InChI is InChI=1S/C19H19F2N5O4S2/c1-11(9-27)30-16-7-15(25-32(28,29)17-8-26(3)12(2)22-17)23-19(24-16)31-10-13-5-4-6-14(20)18(13)21/h4-9,11H,10H2,1-3H3,(H,23,24,25)/t11-/m1/s1. The summed E-state index contributed by atoms with van der Waals surface area (Å²) in [5.74, 6) is -1.73. The van der Waals surface area contributed by atoms with E-state index >= 15 is 0 Å². The summed E-state index contributed by atoms with van der Waals surface area (Å²) < 4.78 is 61.9. The monoisotopic (exact) mass is 483 g/mol. The van der Waals surface area contributed by atoms with E-state index in [1.54, 1.807) is 18.5 Å². The highest BCUT2D eigenvalue weighted by atomic mass is 32.2. The largest absolute Gasteiger partial charge is 0.467 e. The lowest BCUT2D eigenvalue weighted by Gasteiger charge is -2.12. The Labute approximate surface area is 187 Å². The van der Waals surface area contributed by atoms with Crippen molar-refractivity contribution in [2.75, 3.05) is 4.72 Å². The van der Waals surface area contributed by atoms with Crippen LogP contribution in [0.15, 0.2) is 40.6 Å². The Bertz CT molecular complexity index is 1230. The van der Waals surface area contributed by atoms with Gasteiger partial charge in [0.1, 0.15) is 11.6 Å². The minimum Gasteiger partial charge on any atom is -0.467 e. The van der Waals surface area contributed by atoms with Gasteiger partial charge in [0, 0.05) is 30.6 Å². The highest BCUT2D eigenvalue weighted by molar-refractivity contribution is 7.98. The van der Waals surface area contributed by atoms with E-state index in [1.165, 1.54) is 31.3 Å². The average molecular weight is 484 g/mol. The van der Waals surface area contributed by atoms with E-state index in [2.05, 4.69) is 19.7 Å². The molecule has 0 radical (unpaired) electrons. The molecule has 9 nitrogen and oxygen atoms in total. The van der Waals surface area contributed by atoms with Gasteiger partial charge in [-0.3, -0.25) is 9.52 Å². The van der Waals surface area contributed by atoms with Crippen LogP contribution in [0.2, 0.25) is 0 Å². The fraction of sp³-hybridized carbons (Fsp3) is 0.263. The zero-order valence-corrected chi connectivity index (χ0v) is 18.9. The maximum absolute atomic E-state index is 13.9. The number of sulfonamides is 1. The number of ether oxygens (including phenoxy) is 1. The summed E-state index contributed by atoms with van der Waals surface area (Å²) >= 11 is 0.936. The summed E-state index contributed by atoms with van der Waals surface area (Å²) in [4.78, 5) is 23.1. The molecule has 0 amide bonds. The van der Waals surface area contributed by atoms with Crippen molar-refractivity contribution >= 4 is 33.9 Å². The van der Waals surface area contributed by atoms with E-state index in [0.29, 0.717) is 12.1 Å². The topological polar surface area (TPSA) is 116 Å². The molecule has 0 saturated heterocycles. The number of anilines is 1. The number of aryl methyl sites for hydroxylation is 2. The predicted molar refractivity (Wildman–Crippen MR) is 113 cm³/mol. The number of benzene rings is 1. The molecule has 0 aliphatic carbocycles. The first-order valence-corrected chi connectivity index (χ1v) is 11.7. The molecule has 1 N–H and O–H groups in total. The average Bonchev–Trinajstić information content (AvgIpc) is 3.08. The third-order valence-electron chi connectivity index (χ3n) is 4.17. The summed E-state index contributed by atoms with van der Waals surface area (Å²) in [6.07, 6.45) is 1.02. The third kappa shape index (κ3) is 5.59. The van der Waals surface area contributed by atoms with Crippen LogP contribution in [0.1, 0.15) is 18.3 Å². The number of carbonyl (C=O) groups is 1. The van der Waals surface area contributed by atoms with Crippen molar-refractivity contribution in [2.45, 2.75) is 35.9 Å². The summed E-state index contributed by atoms with van der Waals surface area (Å²) in [6.45, 7) is 3.13. The molecule has 0 aliphatic heterocycles. The van der Waals surface area contributed by atoms with E-state index in [4.69, 9.17) is 4.74 Å². The maximum atomic E-state index is 13.9. The fourth-order valence-electron chi connectivity index (χ4n) is 2.45. The number of halogens is 2. The van der Waals surface area contributed by atoms with Crippen LogP contribution in [0, 0.1) is 18.6 Å². The van der Waals surface area contributed by atoms with Crippen molar-refractivity contribution in [3.8, 4) is 5.88 Å². The molecule has 13 heteroatoms. The number of imidazole rings is 1. The molecule has 2 aromatic heterocycles. The van der Waals surface area contributed by atoms with Gasteiger partial charge in [0.05, 0.1) is 0 Å². The normalized spacial score (nSPS) is 12.4. The van der Waals surface area contributed by atoms with Gasteiger partial charge in [0.15, 0.2) is 34.2 Å². The van der Waals surface area contributed by atoms with Crippen molar-refractivity contribution in [2.24, 2.45) is 7.05 Å². The number of nitrogens with zero attached hydrogens (tertiary/aromatic N) is 4. The maximum Gasteiger partial charge on any atom is 0.282 e. The van der Waals surface area contributed by atoms with E-state index in [0.717, 1.165) is 17.8 Å². The zero-order chi connectivity index (χ0) is 23.5. The van der Waals surface area contributed by atoms with Crippen LogP contribution in [0.25, 0.3) is 0 Å². The number of aromatic nitrogens is 4. The first-order valence-electron chi connectivity index (χ1n) is 9.18. The summed E-state index contributed by atoms with van der Waals surface area (Å²) in [7, 11) is -2.43. The molecule has 3 aromatic rings. The van der Waals surface area contributed by atoms with Gasteiger partial charge in [-0.25, -0.2) is 18.7 Å². The third-order valence-corrected chi connectivity index (χ3v) is 6.29. The van der Waals surface area contributed by atoms with E-state index in [-0.39, 0.29) is 33.2 Å². The SMILES string of the molecule is Cc1nc(S(=O)(=O)Nc2cc(O[C@H](C)C=O)nc(SCc3cccc(F)c3F)n2)cn1C. The Morgan fingerprint density at radius 1 is 1.28 bits per heavy atom. The lowest BCUT2D eigenvalue weighted by atomic mass is 10.2. The van der Waals surface area contributed by atoms with Crippen molar-refractivity contribution < 1.29 is 26.7 Å². The van der Waals surface area contributed by atoms with Gasteiger partial charge >= 0.3 is 0 Å². The van der Waals surface area contributed by atoms with Crippen LogP contribution >= 0.6 is 11.8 Å². The number of rotatable bonds is 9. The van der Waals surface area contributed by atoms with Gasteiger partial charge in [-0.05, 0) is 19.9 Å². The molecule has 0 spiro atoms. The molecular weight excluding hydrogens is 464 g/mol. The molecule has 32 heavy (non-hydrogen) atoms. The van der Waals surface area contributed by atoms with E-state index < -0.39 is 27.8 Å². The highest BCUT2D eigenvalue weighted by Gasteiger charge is 2.21. The highest BCUT2D eigenvalue weighted by Crippen LogP contribution is 2.27. The van der Waals surface area contributed by atoms with Gasteiger partial charge in [-0.1, -0.05) is 23.9 Å². The lowest BCUT2D eigenvalue weighted by molar-refractivity contribution is -0.113. The molecule has 1 atom stereocenters. The van der Waals surface area contributed by atoms with Crippen LogP contribution < -0.4 is 9.46 Å². The van der Waals surface area contributed by atoms with Gasteiger partial charge in [0.25, 0.3) is 10.0 Å². The summed E-state index contributed by atoms with van der Waals surface area (Å²) in [5.41, 5.74) is 0.0808. The van der Waals surface area contributed by atoms with Gasteiger partial charge in [-0.15, -0.1) is 0 Å². The molecule has 170 valence electrons. The van der Waals surface area contributed by atoms with Gasteiger partial charge in [-0.2, -0.15) is 13.4 Å². The minimum absolute atomic E-state index is 0.0259. The van der Waals surface area contributed by atoms with Crippen LogP contribution in [-0.2, 0) is 27.6 Å². The molecule has 0 saturated carbocycles. The second kappa shape index (κ2) is 9.61. The molecular formula is C19H19F2N5O4S2. The second-order valence-electron chi connectivity index (χ2n) is 6.68. The Hall–Kier alpha value is -3.06. The Morgan fingerprint density at radius 3 is 2.69 bits per heavy atom. The Morgan fingerprint density at radius 2 is 2.03 bits per heavy atom. The van der Waals surface area contributed by atoms with Crippen molar-refractivity contribution in [1.29, 1.82) is 0 Å². The van der Waals surface area contributed by atoms with Crippen LogP contribution in [0.5, 0.6) is 5.88 Å². The number of carbonyl (C=O) groups excluding carboxylic acids is 1. The molecule has 3 rings (SSSR count). The van der Waals surface area contributed by atoms with Crippen LogP contribution in [-0.4, -0.2) is 40.3 Å². The lowest BCUT2D eigenvalue weighted by Crippen LogP contribution is -2.17. The first-order chi connectivity index (χ1) is 15.1. The smallest absolute Gasteiger partial charge is 0.282 e. The van der Waals surface area contributed by atoms with Gasteiger partial charge < -0.3 is 9.30 Å². The van der Waals surface area contributed by atoms with Crippen LogP contribution in [0.3, 0.4) is 0 Å². The Kier molecular flexibility index (Phi) is 7.09. The number of thioether (sulfide) groups is 1. The minimum atomic E-state index is -4.08. The number of hydrogen-bond donors (Lipinski definition) is 1. The van der Waals surface area contributed by atoms with E-state index in [9.17, 15) is 22.0 Å². The molecule has 0 bridgehead atoms. The number of hydrogen-bond acceptors (Lipinski definition) is 8. The molecule has 1 aromatic carbocycles. The van der Waals surface area contributed by atoms with E-state index in [1.807, 2.05) is 0 Å². The van der Waals surface area contributed by atoms with Gasteiger partial charge in [0.2, 0.25) is 5.88 Å². The van der Waals surface area contributed by atoms with Crippen molar-refractivity contribution in [1.82, 2.24) is 19.5 Å². The molecule has 2 heterocycles. The van der Waals surface area contributed by atoms with Crippen molar-refractivity contribution in [3.05, 3.63) is 53.5 Å². The Balaban J connectivity index is 1.90. The first kappa shape index (κ1) is 23.6. The quantitative estimate of drug-likeness (QED) is 0.281. The molecule has 0 unspecified atom stereocenters. The fourth-order valence-corrected chi connectivity index (χ4v) is 4.31. The predicted octanol–water partition coefficient (Wildman–Crippen LogP) is 2.86. The molecule has 0 fully saturated rings. The summed E-state index contributed by atoms with van der Waals surface area (Å²) in [5, 5.41) is -0.185.